The minimum Gasteiger partial charge on any atom is -0.502 e. The van der Waals surface area contributed by atoms with E-state index in [1.807, 2.05) is 30.3 Å². The van der Waals surface area contributed by atoms with E-state index in [-0.39, 0.29) is 12.3 Å². The number of amides is 1. The molecule has 1 amide bonds. The summed E-state index contributed by atoms with van der Waals surface area (Å²) < 4.78 is 14.6. The molecule has 1 atom stereocenters. The van der Waals surface area contributed by atoms with Crippen molar-refractivity contribution in [3.8, 4) is 0 Å². The molecule has 1 aliphatic rings. The molecular weight excluding hydrogens is 252 g/mol. The van der Waals surface area contributed by atoms with Crippen LogP contribution in [-0.4, -0.2) is 30.9 Å². The number of aliphatic hydroxyl groups excluding tert-OH is 1. The number of aliphatic hydroxyl groups is 1. The van der Waals surface area contributed by atoms with Gasteiger partial charge in [-0.05, 0) is 12.5 Å². The van der Waals surface area contributed by atoms with Gasteiger partial charge in [0.05, 0.1) is 12.2 Å². The maximum Gasteiger partial charge on any atom is 0.303 e. The third kappa shape index (κ3) is 2.11. The molecule has 1 heterocycles. The average Bonchev–Trinajstić information content (AvgIpc) is 2.40. The zero-order valence-electron chi connectivity index (χ0n) is 10.2. The van der Waals surface area contributed by atoms with Crippen LogP contribution in [-0.2, 0) is 22.5 Å². The minimum atomic E-state index is -1.60. The summed E-state index contributed by atoms with van der Waals surface area (Å²) >= 11 is -1.60. The van der Waals surface area contributed by atoms with Gasteiger partial charge in [0, 0.05) is 7.05 Å². The molecule has 1 aliphatic heterocycles. The van der Waals surface area contributed by atoms with Crippen molar-refractivity contribution in [2.24, 2.45) is 0 Å². The van der Waals surface area contributed by atoms with Crippen LogP contribution in [0.15, 0.2) is 41.8 Å². The van der Waals surface area contributed by atoms with Gasteiger partial charge in [0.15, 0.2) is 0 Å². The predicted molar refractivity (Wildman–Crippen MR) is 68.2 cm³/mol. The van der Waals surface area contributed by atoms with E-state index in [0.717, 1.165) is 9.87 Å². The summed E-state index contributed by atoms with van der Waals surface area (Å²) in [6.45, 7) is 1.76. The van der Waals surface area contributed by atoms with Gasteiger partial charge in [-0.1, -0.05) is 30.3 Å². The van der Waals surface area contributed by atoms with E-state index in [0.29, 0.717) is 5.70 Å². The van der Waals surface area contributed by atoms with Crippen LogP contribution in [0.4, 0.5) is 0 Å². The Morgan fingerprint density at radius 2 is 1.89 bits per heavy atom. The highest BCUT2D eigenvalue weighted by Gasteiger charge is 2.34. The Labute approximate surface area is 108 Å². The molecule has 0 fully saturated rings. The molecule has 0 spiro atoms. The van der Waals surface area contributed by atoms with Crippen LogP contribution in [0.5, 0.6) is 0 Å². The van der Waals surface area contributed by atoms with E-state index < -0.39 is 17.1 Å². The van der Waals surface area contributed by atoms with E-state index in [1.54, 1.807) is 14.0 Å². The predicted octanol–water partition coefficient (Wildman–Crippen LogP) is 1.33. The van der Waals surface area contributed by atoms with Gasteiger partial charge in [-0.25, -0.2) is 8.51 Å². The van der Waals surface area contributed by atoms with Gasteiger partial charge in [0.1, 0.15) is 0 Å². The van der Waals surface area contributed by atoms with Gasteiger partial charge in [0.25, 0.3) is 0 Å². The Kier molecular flexibility index (Phi) is 3.38. The fourth-order valence-corrected chi connectivity index (χ4v) is 2.74. The van der Waals surface area contributed by atoms with Crippen molar-refractivity contribution in [3.05, 3.63) is 47.4 Å². The summed E-state index contributed by atoms with van der Waals surface area (Å²) in [5.41, 5.74) is 1.18. The number of allylic oxidation sites excluding steroid dienone is 1. The Morgan fingerprint density at radius 1 is 1.28 bits per heavy atom. The highest BCUT2D eigenvalue weighted by molar-refractivity contribution is 7.81. The number of carbonyl (C=O) groups is 1. The van der Waals surface area contributed by atoms with Crippen LogP contribution in [0.2, 0.25) is 0 Å². The van der Waals surface area contributed by atoms with Crippen molar-refractivity contribution in [3.63, 3.8) is 0 Å². The van der Waals surface area contributed by atoms with Crippen LogP contribution in [0, 0.1) is 0 Å². The summed E-state index contributed by atoms with van der Waals surface area (Å²) in [6.07, 6.45) is 0. The van der Waals surface area contributed by atoms with Crippen LogP contribution in [0.3, 0.4) is 0 Å². The standard InChI is InChI=1S/C12H14N2O3S/c1-9-11(15)12(16)14(18(17)13(9)2)8-10-6-4-3-5-7-10/h3-7,15H,8H2,1-2H3. The molecule has 6 heteroatoms. The van der Waals surface area contributed by atoms with Gasteiger partial charge in [-0.3, -0.25) is 9.10 Å². The van der Waals surface area contributed by atoms with Gasteiger partial charge in [0.2, 0.25) is 16.9 Å². The van der Waals surface area contributed by atoms with E-state index in [4.69, 9.17) is 0 Å². The molecule has 18 heavy (non-hydrogen) atoms. The summed E-state index contributed by atoms with van der Waals surface area (Å²) in [7, 11) is 1.58. The smallest absolute Gasteiger partial charge is 0.303 e. The van der Waals surface area contributed by atoms with Crippen LogP contribution < -0.4 is 0 Å². The molecule has 0 aromatic heterocycles. The highest BCUT2D eigenvalue weighted by atomic mass is 32.2. The fourth-order valence-electron chi connectivity index (χ4n) is 1.63. The second-order valence-electron chi connectivity index (χ2n) is 3.99. The maximum absolute atomic E-state index is 12.1. The lowest BCUT2D eigenvalue weighted by molar-refractivity contribution is -0.126. The second-order valence-corrected chi connectivity index (χ2v) is 5.44. The third-order valence-corrected chi connectivity index (χ3v) is 4.25. The van der Waals surface area contributed by atoms with Crippen LogP contribution in [0.25, 0.3) is 0 Å². The molecule has 0 aliphatic carbocycles. The molecule has 1 aromatic carbocycles. The van der Waals surface area contributed by atoms with Gasteiger partial charge < -0.3 is 5.11 Å². The monoisotopic (exact) mass is 266 g/mol. The first kappa shape index (κ1) is 12.6. The molecule has 1 N–H and O–H groups in total. The largest absolute Gasteiger partial charge is 0.502 e. The molecule has 0 saturated carbocycles. The molecule has 96 valence electrons. The summed E-state index contributed by atoms with van der Waals surface area (Å²) in [5, 5.41) is 9.70. The van der Waals surface area contributed by atoms with Crippen molar-refractivity contribution in [1.82, 2.24) is 8.61 Å². The first-order valence-electron chi connectivity index (χ1n) is 5.43. The maximum atomic E-state index is 12.1. The van der Waals surface area contributed by atoms with Crippen molar-refractivity contribution >= 4 is 17.1 Å². The second kappa shape index (κ2) is 4.81. The van der Waals surface area contributed by atoms with Crippen molar-refractivity contribution in [1.29, 1.82) is 0 Å². The zero-order valence-corrected chi connectivity index (χ0v) is 11.0. The first-order chi connectivity index (χ1) is 8.52. The third-order valence-electron chi connectivity index (χ3n) is 2.84. The molecule has 1 aromatic rings. The lowest BCUT2D eigenvalue weighted by atomic mass is 10.2. The fraction of sp³-hybridized carbons (Fsp3) is 0.250. The van der Waals surface area contributed by atoms with E-state index in [1.165, 1.54) is 4.31 Å². The van der Waals surface area contributed by atoms with Crippen LogP contribution in [0.1, 0.15) is 12.5 Å². The molecule has 0 bridgehead atoms. The van der Waals surface area contributed by atoms with Crippen LogP contribution >= 0.6 is 0 Å². The zero-order chi connectivity index (χ0) is 13.3. The SMILES string of the molecule is CC1=C(O)C(=O)N(Cc2ccccc2)S(=O)N1C. The Balaban J connectivity index is 2.29. The number of hydrogen-bond acceptors (Lipinski definition) is 3. The number of hydrogen-bond donors (Lipinski definition) is 1. The summed E-state index contributed by atoms with van der Waals surface area (Å²) in [4.78, 5) is 11.9. The van der Waals surface area contributed by atoms with Crippen molar-refractivity contribution < 1.29 is 14.1 Å². The quantitative estimate of drug-likeness (QED) is 0.878. The first-order valence-corrected chi connectivity index (χ1v) is 6.50. The molecule has 0 saturated heterocycles. The van der Waals surface area contributed by atoms with Crippen molar-refractivity contribution in [2.75, 3.05) is 7.05 Å². The molecular formula is C12H14N2O3S. The number of rotatable bonds is 2. The minimum absolute atomic E-state index is 0.202. The Morgan fingerprint density at radius 3 is 2.50 bits per heavy atom. The lowest BCUT2D eigenvalue weighted by Crippen LogP contribution is -2.45. The van der Waals surface area contributed by atoms with E-state index >= 15 is 0 Å². The number of carbonyl (C=O) groups excluding carboxylic acids is 1. The molecule has 5 nitrogen and oxygen atoms in total. The van der Waals surface area contributed by atoms with Gasteiger partial charge in [-0.15, -0.1) is 0 Å². The lowest BCUT2D eigenvalue weighted by Gasteiger charge is -2.32. The normalized spacial score (nSPS) is 20.6. The van der Waals surface area contributed by atoms with Crippen molar-refractivity contribution in [2.45, 2.75) is 13.5 Å². The average molecular weight is 266 g/mol. The van der Waals surface area contributed by atoms with E-state index in [2.05, 4.69) is 0 Å². The van der Waals surface area contributed by atoms with Gasteiger partial charge >= 0.3 is 5.91 Å². The van der Waals surface area contributed by atoms with Gasteiger partial charge in [-0.2, -0.15) is 0 Å². The highest BCUT2D eigenvalue weighted by Crippen LogP contribution is 2.22. The molecule has 1 unspecified atom stereocenters. The number of nitrogens with zero attached hydrogens (tertiary/aromatic N) is 2. The Bertz CT molecular complexity index is 527. The summed E-state index contributed by atoms with van der Waals surface area (Å²) in [6, 6.07) is 9.24. The molecule has 0 radical (unpaired) electrons. The topological polar surface area (TPSA) is 60.9 Å². The Hall–Kier alpha value is -1.82. The van der Waals surface area contributed by atoms with E-state index in [9.17, 15) is 14.1 Å². The number of benzene rings is 1. The summed E-state index contributed by atoms with van der Waals surface area (Å²) in [5.74, 6) is -0.958. The molecule has 2 rings (SSSR count).